The molecule has 2 aromatic rings. The number of hydrogen-bond donors (Lipinski definition) is 3. The van der Waals surface area contributed by atoms with Gasteiger partial charge in [-0.25, -0.2) is 18.1 Å². The number of H-pyrrole nitrogens is 1. The standard InChI is InChI=1S/C12H15BrN4O2S/c1-8-11(13)2-9(4-14)3-12(8)20(18,19)17-6-10-5-15-7-16-10/h2-3,5,7,17H,4,6,14H2,1H3,(H,15,16). The highest BCUT2D eigenvalue weighted by Crippen LogP contribution is 2.25. The number of nitrogens with two attached hydrogens (primary N) is 1. The van der Waals surface area contributed by atoms with Crippen LogP contribution >= 0.6 is 15.9 Å². The summed E-state index contributed by atoms with van der Waals surface area (Å²) in [5.41, 5.74) is 7.68. The first-order chi connectivity index (χ1) is 9.44. The molecule has 108 valence electrons. The molecule has 4 N–H and O–H groups in total. The van der Waals surface area contributed by atoms with Crippen molar-refractivity contribution in [1.82, 2.24) is 14.7 Å². The molecule has 1 aromatic heterocycles. The van der Waals surface area contributed by atoms with Crippen LogP contribution < -0.4 is 10.5 Å². The average molecular weight is 359 g/mol. The third-order valence-electron chi connectivity index (χ3n) is 2.89. The Balaban J connectivity index is 2.31. The van der Waals surface area contributed by atoms with Crippen molar-refractivity contribution in [2.24, 2.45) is 5.73 Å². The predicted molar refractivity (Wildman–Crippen MR) is 79.4 cm³/mol. The Morgan fingerprint density at radius 1 is 1.45 bits per heavy atom. The van der Waals surface area contributed by atoms with Crippen LogP contribution in [-0.2, 0) is 23.1 Å². The van der Waals surface area contributed by atoms with Crippen LogP contribution in [0.1, 0.15) is 16.8 Å². The lowest BCUT2D eigenvalue weighted by atomic mass is 10.1. The molecule has 0 amide bonds. The number of sulfonamides is 1. The smallest absolute Gasteiger partial charge is 0.241 e. The van der Waals surface area contributed by atoms with E-state index >= 15 is 0 Å². The van der Waals surface area contributed by atoms with Crippen LogP contribution in [0.15, 0.2) is 34.0 Å². The van der Waals surface area contributed by atoms with Gasteiger partial charge in [0.05, 0.1) is 17.8 Å². The summed E-state index contributed by atoms with van der Waals surface area (Å²) >= 11 is 3.36. The van der Waals surface area contributed by atoms with Gasteiger partial charge in [-0.1, -0.05) is 15.9 Å². The third kappa shape index (κ3) is 3.26. The molecule has 20 heavy (non-hydrogen) atoms. The number of benzene rings is 1. The molecule has 1 heterocycles. The Kier molecular flexibility index (Phi) is 4.59. The molecule has 0 spiro atoms. The minimum absolute atomic E-state index is 0.159. The molecule has 6 nitrogen and oxygen atoms in total. The molecule has 0 saturated heterocycles. The predicted octanol–water partition coefficient (Wildman–Crippen LogP) is 1.42. The lowest BCUT2D eigenvalue weighted by molar-refractivity contribution is 0.579. The quantitative estimate of drug-likeness (QED) is 0.752. The van der Waals surface area contributed by atoms with E-state index in [1.165, 1.54) is 6.33 Å². The van der Waals surface area contributed by atoms with Gasteiger partial charge in [-0.15, -0.1) is 0 Å². The van der Waals surface area contributed by atoms with Crippen LogP contribution in [0.25, 0.3) is 0 Å². The van der Waals surface area contributed by atoms with Crippen molar-refractivity contribution in [2.75, 3.05) is 0 Å². The van der Waals surface area contributed by atoms with Gasteiger partial charge in [0.2, 0.25) is 10.0 Å². The zero-order valence-electron chi connectivity index (χ0n) is 10.9. The van der Waals surface area contributed by atoms with Gasteiger partial charge in [0.15, 0.2) is 0 Å². The fourth-order valence-corrected chi connectivity index (χ4v) is 3.70. The maximum atomic E-state index is 12.4. The first-order valence-corrected chi connectivity index (χ1v) is 8.17. The lowest BCUT2D eigenvalue weighted by Gasteiger charge is -2.12. The third-order valence-corrected chi connectivity index (χ3v) is 5.24. The van der Waals surface area contributed by atoms with Crippen molar-refractivity contribution >= 4 is 26.0 Å². The molecule has 2 rings (SSSR count). The first kappa shape index (κ1) is 15.2. The Labute approximate surface area is 126 Å². The number of aromatic amines is 1. The maximum Gasteiger partial charge on any atom is 0.241 e. The van der Waals surface area contributed by atoms with Gasteiger partial charge >= 0.3 is 0 Å². The lowest BCUT2D eigenvalue weighted by Crippen LogP contribution is -2.24. The molecule has 0 aliphatic carbocycles. The minimum Gasteiger partial charge on any atom is -0.347 e. The van der Waals surface area contributed by atoms with Crippen molar-refractivity contribution in [3.8, 4) is 0 Å². The SMILES string of the molecule is Cc1c(Br)cc(CN)cc1S(=O)(=O)NCc1cnc[nH]1. The Morgan fingerprint density at radius 3 is 2.80 bits per heavy atom. The van der Waals surface area contributed by atoms with E-state index in [9.17, 15) is 8.42 Å². The van der Waals surface area contributed by atoms with Gasteiger partial charge in [0.25, 0.3) is 0 Å². The monoisotopic (exact) mass is 358 g/mol. The van der Waals surface area contributed by atoms with E-state index in [4.69, 9.17) is 5.73 Å². The topological polar surface area (TPSA) is 101 Å². The van der Waals surface area contributed by atoms with Crippen LogP contribution in [0.3, 0.4) is 0 Å². The summed E-state index contributed by atoms with van der Waals surface area (Å²) < 4.78 is 28.0. The van der Waals surface area contributed by atoms with E-state index in [0.717, 1.165) is 10.0 Å². The van der Waals surface area contributed by atoms with Gasteiger partial charge < -0.3 is 10.7 Å². The molecule has 0 bridgehead atoms. The molecule has 0 aliphatic rings. The normalized spacial score (nSPS) is 11.8. The number of hydrogen-bond acceptors (Lipinski definition) is 4. The highest BCUT2D eigenvalue weighted by atomic mass is 79.9. The molecule has 0 saturated carbocycles. The summed E-state index contributed by atoms with van der Waals surface area (Å²) in [6.45, 7) is 2.18. The number of halogens is 1. The summed E-state index contributed by atoms with van der Waals surface area (Å²) in [6.07, 6.45) is 3.07. The molecular formula is C12H15BrN4O2S. The van der Waals surface area contributed by atoms with E-state index in [1.807, 2.05) is 6.07 Å². The largest absolute Gasteiger partial charge is 0.347 e. The van der Waals surface area contributed by atoms with E-state index in [-0.39, 0.29) is 18.0 Å². The van der Waals surface area contributed by atoms with Gasteiger partial charge in [0, 0.05) is 22.9 Å². The molecule has 0 radical (unpaired) electrons. The van der Waals surface area contributed by atoms with Crippen LogP contribution in [0.5, 0.6) is 0 Å². The Morgan fingerprint density at radius 2 is 2.20 bits per heavy atom. The molecule has 0 aliphatic heterocycles. The summed E-state index contributed by atoms with van der Waals surface area (Å²) in [5.74, 6) is 0. The van der Waals surface area contributed by atoms with Crippen molar-refractivity contribution in [1.29, 1.82) is 0 Å². The van der Waals surface area contributed by atoms with Crippen LogP contribution in [-0.4, -0.2) is 18.4 Å². The van der Waals surface area contributed by atoms with Crippen molar-refractivity contribution < 1.29 is 8.42 Å². The zero-order valence-corrected chi connectivity index (χ0v) is 13.3. The van der Waals surface area contributed by atoms with Gasteiger partial charge in [-0.05, 0) is 30.2 Å². The zero-order chi connectivity index (χ0) is 14.8. The fourth-order valence-electron chi connectivity index (χ4n) is 1.74. The molecular weight excluding hydrogens is 344 g/mol. The number of rotatable bonds is 5. The molecule has 8 heteroatoms. The molecule has 0 atom stereocenters. The van der Waals surface area contributed by atoms with Crippen LogP contribution in [0.2, 0.25) is 0 Å². The van der Waals surface area contributed by atoms with Gasteiger partial charge in [-0.3, -0.25) is 0 Å². The molecule has 0 unspecified atom stereocenters. The number of nitrogens with one attached hydrogen (secondary N) is 2. The average Bonchev–Trinajstić information content (AvgIpc) is 2.92. The first-order valence-electron chi connectivity index (χ1n) is 5.90. The highest BCUT2D eigenvalue weighted by molar-refractivity contribution is 9.10. The second-order valence-electron chi connectivity index (χ2n) is 4.31. The minimum atomic E-state index is -3.61. The second-order valence-corrected chi connectivity index (χ2v) is 6.90. The van der Waals surface area contributed by atoms with E-state index in [1.54, 1.807) is 19.2 Å². The van der Waals surface area contributed by atoms with Crippen LogP contribution in [0, 0.1) is 6.92 Å². The van der Waals surface area contributed by atoms with E-state index in [2.05, 4.69) is 30.6 Å². The Bertz CT molecular complexity index is 698. The number of aromatic nitrogens is 2. The summed E-state index contributed by atoms with van der Waals surface area (Å²) in [4.78, 5) is 6.91. The number of imidazole rings is 1. The summed E-state index contributed by atoms with van der Waals surface area (Å²) in [5, 5.41) is 0. The second kappa shape index (κ2) is 6.04. The van der Waals surface area contributed by atoms with Gasteiger partial charge in [-0.2, -0.15) is 0 Å². The number of nitrogens with zero attached hydrogens (tertiary/aromatic N) is 1. The van der Waals surface area contributed by atoms with Crippen molar-refractivity contribution in [3.63, 3.8) is 0 Å². The maximum absolute atomic E-state index is 12.4. The summed E-state index contributed by atoms with van der Waals surface area (Å²) in [6, 6.07) is 3.42. The van der Waals surface area contributed by atoms with Gasteiger partial charge in [0.1, 0.15) is 0 Å². The summed E-state index contributed by atoms with van der Waals surface area (Å²) in [7, 11) is -3.61. The van der Waals surface area contributed by atoms with Crippen molar-refractivity contribution in [3.05, 3.63) is 46.0 Å². The van der Waals surface area contributed by atoms with Crippen molar-refractivity contribution in [2.45, 2.75) is 24.9 Å². The van der Waals surface area contributed by atoms with E-state index < -0.39 is 10.0 Å². The highest BCUT2D eigenvalue weighted by Gasteiger charge is 2.19. The molecule has 0 fully saturated rings. The fraction of sp³-hybridized carbons (Fsp3) is 0.250. The van der Waals surface area contributed by atoms with E-state index in [0.29, 0.717) is 11.3 Å². The molecule has 1 aromatic carbocycles. The Hall–Kier alpha value is -1.22. The van der Waals surface area contributed by atoms with Crippen LogP contribution in [0.4, 0.5) is 0 Å².